The molecule has 3 heterocycles. The van der Waals surface area contributed by atoms with Crippen LogP contribution in [0.15, 0.2) is 35.7 Å². The van der Waals surface area contributed by atoms with Gasteiger partial charge in [-0.05, 0) is 30.0 Å². The van der Waals surface area contributed by atoms with Crippen LogP contribution in [0.1, 0.15) is 28.3 Å². The van der Waals surface area contributed by atoms with E-state index in [1.54, 1.807) is 16.2 Å². The first-order valence-corrected chi connectivity index (χ1v) is 9.28. The summed E-state index contributed by atoms with van der Waals surface area (Å²) in [6, 6.07) is 11.0. The molecule has 1 N–H and O–H groups in total. The predicted octanol–water partition coefficient (Wildman–Crippen LogP) is 2.02. The lowest BCUT2D eigenvalue weighted by Crippen LogP contribution is -3.11. The Bertz CT molecular complexity index is 725. The van der Waals surface area contributed by atoms with Gasteiger partial charge in [-0.15, -0.1) is 11.3 Å². The molecule has 0 bridgehead atoms. The quantitative estimate of drug-likeness (QED) is 0.897. The number of nitrogens with one attached hydrogen (secondary N) is 1. The van der Waals surface area contributed by atoms with Gasteiger partial charge in [0.2, 0.25) is 5.91 Å². The van der Waals surface area contributed by atoms with Gasteiger partial charge in [0.25, 0.3) is 0 Å². The molecule has 2 aliphatic heterocycles. The van der Waals surface area contributed by atoms with Crippen molar-refractivity contribution >= 4 is 22.9 Å². The van der Waals surface area contributed by atoms with Crippen LogP contribution in [-0.2, 0) is 11.2 Å². The molecular formula is C19H23N2OS+. The molecule has 1 fully saturated rings. The zero-order chi connectivity index (χ0) is 16.0. The second-order valence-electron chi connectivity index (χ2n) is 6.96. The Hall–Kier alpha value is -1.65. The number of hydrogen-bond donors (Lipinski definition) is 1. The first-order valence-electron chi connectivity index (χ1n) is 8.40. The van der Waals surface area contributed by atoms with Crippen molar-refractivity contribution in [3.8, 4) is 0 Å². The summed E-state index contributed by atoms with van der Waals surface area (Å²) in [5.74, 6) is 0.746. The average Bonchev–Trinajstić information content (AvgIpc) is 3.13. The van der Waals surface area contributed by atoms with Crippen molar-refractivity contribution in [2.45, 2.75) is 31.7 Å². The predicted molar refractivity (Wildman–Crippen MR) is 94.5 cm³/mol. The summed E-state index contributed by atoms with van der Waals surface area (Å²) in [6.07, 6.45) is 1.62. The lowest BCUT2D eigenvalue weighted by atomic mass is 9.89. The smallest absolute Gasteiger partial charge is 0.232 e. The van der Waals surface area contributed by atoms with Gasteiger partial charge in [-0.1, -0.05) is 23.8 Å². The van der Waals surface area contributed by atoms with Gasteiger partial charge in [0.1, 0.15) is 0 Å². The van der Waals surface area contributed by atoms with Gasteiger partial charge in [0.15, 0.2) is 0 Å². The van der Waals surface area contributed by atoms with Crippen molar-refractivity contribution in [3.05, 3.63) is 51.7 Å². The normalized spacial score (nSPS) is 26.0. The number of carbonyl (C=O) groups is 1. The highest BCUT2D eigenvalue weighted by Gasteiger charge is 2.45. The fraction of sp³-hybridized carbons (Fsp3) is 0.421. The van der Waals surface area contributed by atoms with E-state index in [2.05, 4.69) is 43.1 Å². The lowest BCUT2D eigenvalue weighted by molar-refractivity contribution is -0.886. The van der Waals surface area contributed by atoms with Gasteiger partial charge in [-0.2, -0.15) is 0 Å². The van der Waals surface area contributed by atoms with Crippen molar-refractivity contribution < 1.29 is 9.69 Å². The molecule has 0 saturated carbocycles. The minimum absolute atomic E-state index is 0.254. The van der Waals surface area contributed by atoms with Crippen molar-refractivity contribution in [1.82, 2.24) is 0 Å². The number of thiophene rings is 1. The van der Waals surface area contributed by atoms with Crippen molar-refractivity contribution in [1.29, 1.82) is 0 Å². The summed E-state index contributed by atoms with van der Waals surface area (Å²) in [5, 5.41) is 2.05. The Labute approximate surface area is 141 Å². The number of rotatable bonds is 2. The van der Waals surface area contributed by atoms with E-state index in [4.69, 9.17) is 0 Å². The van der Waals surface area contributed by atoms with E-state index < -0.39 is 0 Å². The van der Waals surface area contributed by atoms with Crippen LogP contribution in [0.4, 0.5) is 5.69 Å². The third-order valence-corrected chi connectivity index (χ3v) is 6.12. The third kappa shape index (κ3) is 2.60. The SMILES string of the molecule is Cc1ccc2c(c1)[C@H]1C[NH+](C)CC[C@@H]1N2C(=O)Cc1cccs1. The fourth-order valence-electron chi connectivity index (χ4n) is 4.17. The monoisotopic (exact) mass is 327 g/mol. The molecule has 2 aromatic rings. The van der Waals surface area contributed by atoms with E-state index in [1.165, 1.54) is 11.1 Å². The van der Waals surface area contributed by atoms with E-state index in [-0.39, 0.29) is 5.91 Å². The number of benzene rings is 1. The summed E-state index contributed by atoms with van der Waals surface area (Å²) >= 11 is 1.67. The van der Waals surface area contributed by atoms with E-state index in [9.17, 15) is 4.79 Å². The van der Waals surface area contributed by atoms with Crippen LogP contribution in [-0.4, -0.2) is 32.1 Å². The number of quaternary nitrogens is 1. The molecule has 3 atom stereocenters. The number of aryl methyl sites for hydroxylation is 1. The summed E-state index contributed by atoms with van der Waals surface area (Å²) in [4.78, 5) is 17.9. The zero-order valence-electron chi connectivity index (χ0n) is 13.7. The molecule has 0 spiro atoms. The molecule has 120 valence electrons. The Kier molecular flexibility index (Phi) is 3.74. The van der Waals surface area contributed by atoms with Gasteiger partial charge >= 0.3 is 0 Å². The number of likely N-dealkylation sites (N-methyl/N-ethyl adjacent to an activating group) is 1. The Morgan fingerprint density at radius 3 is 3.04 bits per heavy atom. The van der Waals surface area contributed by atoms with Crippen LogP contribution in [0.2, 0.25) is 0 Å². The number of anilines is 1. The van der Waals surface area contributed by atoms with Crippen LogP contribution in [0.3, 0.4) is 0 Å². The summed E-state index contributed by atoms with van der Waals surface area (Å²) < 4.78 is 0. The number of nitrogens with zero attached hydrogens (tertiary/aromatic N) is 1. The zero-order valence-corrected chi connectivity index (χ0v) is 14.5. The number of likely N-dealkylation sites (tertiary alicyclic amines) is 1. The largest absolute Gasteiger partial charge is 0.337 e. The topological polar surface area (TPSA) is 24.8 Å². The van der Waals surface area contributed by atoms with Gasteiger partial charge in [-0.3, -0.25) is 4.79 Å². The van der Waals surface area contributed by atoms with E-state index in [1.807, 2.05) is 11.4 Å². The molecule has 1 aromatic carbocycles. The highest BCUT2D eigenvalue weighted by atomic mass is 32.1. The highest BCUT2D eigenvalue weighted by Crippen LogP contribution is 2.43. The van der Waals surface area contributed by atoms with E-state index in [0.29, 0.717) is 18.4 Å². The van der Waals surface area contributed by atoms with Crippen molar-refractivity contribution in [3.63, 3.8) is 0 Å². The Morgan fingerprint density at radius 1 is 1.39 bits per heavy atom. The van der Waals surface area contributed by atoms with E-state index >= 15 is 0 Å². The molecule has 1 aromatic heterocycles. The average molecular weight is 327 g/mol. The molecule has 1 unspecified atom stereocenters. The van der Waals surface area contributed by atoms with Crippen LogP contribution in [0.5, 0.6) is 0 Å². The minimum atomic E-state index is 0.254. The molecule has 2 aliphatic rings. The van der Waals surface area contributed by atoms with Crippen LogP contribution >= 0.6 is 11.3 Å². The highest BCUT2D eigenvalue weighted by molar-refractivity contribution is 7.10. The second-order valence-corrected chi connectivity index (χ2v) is 7.99. The molecule has 4 heteroatoms. The summed E-state index contributed by atoms with van der Waals surface area (Å²) in [7, 11) is 2.27. The second kappa shape index (κ2) is 5.77. The number of hydrogen-bond acceptors (Lipinski definition) is 2. The first-order chi connectivity index (χ1) is 11.1. The lowest BCUT2D eigenvalue weighted by Gasteiger charge is -2.34. The Morgan fingerprint density at radius 2 is 2.26 bits per heavy atom. The maximum Gasteiger partial charge on any atom is 0.232 e. The van der Waals surface area contributed by atoms with Crippen molar-refractivity contribution in [2.24, 2.45) is 0 Å². The number of carbonyl (C=O) groups excluding carboxylic acids is 1. The minimum Gasteiger partial charge on any atom is -0.337 e. The fourth-order valence-corrected chi connectivity index (χ4v) is 4.87. The third-order valence-electron chi connectivity index (χ3n) is 5.25. The van der Waals surface area contributed by atoms with Crippen LogP contribution in [0, 0.1) is 6.92 Å². The molecule has 23 heavy (non-hydrogen) atoms. The van der Waals surface area contributed by atoms with Gasteiger partial charge in [0.05, 0.1) is 38.5 Å². The van der Waals surface area contributed by atoms with E-state index in [0.717, 1.165) is 30.1 Å². The number of fused-ring (bicyclic) bond motifs is 3. The van der Waals surface area contributed by atoms with Crippen LogP contribution in [0.25, 0.3) is 0 Å². The standard InChI is InChI=1S/C19H22N2OS/c1-13-5-6-17-15(10-13)16-12-20(2)8-7-18(16)21(17)19(22)11-14-4-3-9-23-14/h3-6,9-10,16,18H,7-8,11-12H2,1-2H3/p+1/t16-,18+/m1/s1. The van der Waals surface area contributed by atoms with Gasteiger partial charge in [0, 0.05) is 17.0 Å². The maximum absolute atomic E-state index is 13.0. The summed E-state index contributed by atoms with van der Waals surface area (Å²) in [6.45, 7) is 4.42. The van der Waals surface area contributed by atoms with Gasteiger partial charge < -0.3 is 9.80 Å². The summed E-state index contributed by atoms with van der Waals surface area (Å²) in [5.41, 5.74) is 3.83. The molecule has 0 aliphatic carbocycles. The number of amides is 1. The van der Waals surface area contributed by atoms with Crippen LogP contribution < -0.4 is 9.80 Å². The van der Waals surface area contributed by atoms with Gasteiger partial charge in [-0.25, -0.2) is 0 Å². The molecule has 0 radical (unpaired) electrons. The molecular weight excluding hydrogens is 304 g/mol. The molecule has 3 nitrogen and oxygen atoms in total. The van der Waals surface area contributed by atoms with Crippen molar-refractivity contribution in [2.75, 3.05) is 25.0 Å². The molecule has 4 rings (SSSR count). The first kappa shape index (κ1) is 14.9. The number of piperidine rings is 1. The molecule has 1 amide bonds. The molecule has 1 saturated heterocycles. The maximum atomic E-state index is 13.0. The Balaban J connectivity index is 1.70.